The average molecular weight is 538 g/mol. The van der Waals surface area contributed by atoms with E-state index in [1.165, 1.54) is 0 Å². The van der Waals surface area contributed by atoms with Crippen LogP contribution in [0.15, 0.2) is 66.9 Å². The maximum Gasteiger partial charge on any atom is 3.00 e. The van der Waals surface area contributed by atoms with Crippen LogP contribution in [0.25, 0.3) is 22.6 Å². The Morgan fingerprint density at radius 1 is 0.926 bits per heavy atom. The summed E-state index contributed by atoms with van der Waals surface area (Å²) in [6, 6.07) is 22.8. The van der Waals surface area contributed by atoms with Gasteiger partial charge in [-0.3, -0.25) is 9.97 Å². The van der Waals surface area contributed by atoms with Crippen LogP contribution in [0.1, 0.15) is 25.7 Å². The summed E-state index contributed by atoms with van der Waals surface area (Å²) >= 11 is 0. The maximum absolute atomic E-state index is 8.32. The van der Waals surface area contributed by atoms with E-state index in [1.807, 2.05) is 60.7 Å². The van der Waals surface area contributed by atoms with Crippen molar-refractivity contribution in [2.45, 2.75) is 25.7 Å². The van der Waals surface area contributed by atoms with Gasteiger partial charge in [0.1, 0.15) is 0 Å². The van der Waals surface area contributed by atoms with Gasteiger partial charge in [-0.05, 0) is 23.9 Å². The summed E-state index contributed by atoms with van der Waals surface area (Å²) in [6.07, 6.45) is 7.97. The first kappa shape index (κ1) is 23.2. The van der Waals surface area contributed by atoms with E-state index in [4.69, 9.17) is 5.11 Å². The number of nitrogens with zero attached hydrogens (tertiary/aromatic N) is 2. The summed E-state index contributed by atoms with van der Waals surface area (Å²) in [6.45, 7) is 3.99. The molecule has 1 N–H and O–H groups in total. The molecule has 27 heavy (non-hydrogen) atoms. The second-order valence-electron chi connectivity index (χ2n) is 5.70. The monoisotopic (exact) mass is 538 g/mol. The first-order valence-electron chi connectivity index (χ1n) is 8.92. The van der Waals surface area contributed by atoms with Crippen LogP contribution in [0.2, 0.25) is 0 Å². The number of rotatable bonds is 7. The van der Waals surface area contributed by atoms with Gasteiger partial charge in [-0.25, -0.2) is 0 Å². The number of unbranched alkanes of at least 4 members (excludes halogenated alkanes) is 4. The van der Waals surface area contributed by atoms with Crippen LogP contribution in [-0.4, -0.2) is 21.7 Å². The zero-order valence-corrected chi connectivity index (χ0v) is 17.7. The van der Waals surface area contributed by atoms with Crippen molar-refractivity contribution in [2.75, 3.05) is 6.61 Å². The quantitative estimate of drug-likeness (QED) is 0.334. The SMILES string of the molecule is [CH2-]CCC[CH-]CCO.[Ir+3].[c-]1ccccc1-c1cccc(-c2ccccn2)n1. The van der Waals surface area contributed by atoms with Crippen molar-refractivity contribution in [1.29, 1.82) is 0 Å². The van der Waals surface area contributed by atoms with Crippen molar-refractivity contribution < 1.29 is 25.2 Å². The molecule has 0 aliphatic carbocycles. The molecule has 3 rings (SSSR count). The summed E-state index contributed by atoms with van der Waals surface area (Å²) in [5.41, 5.74) is 3.68. The minimum absolute atomic E-state index is 0. The Labute approximate surface area is 176 Å². The van der Waals surface area contributed by atoms with Crippen molar-refractivity contribution in [1.82, 2.24) is 9.97 Å². The van der Waals surface area contributed by atoms with E-state index >= 15 is 0 Å². The Morgan fingerprint density at radius 3 is 2.37 bits per heavy atom. The molecule has 0 aliphatic heterocycles. The molecule has 0 fully saturated rings. The topological polar surface area (TPSA) is 46.0 Å². The average Bonchev–Trinajstić information content (AvgIpc) is 2.73. The van der Waals surface area contributed by atoms with Gasteiger partial charge in [-0.2, -0.15) is 19.3 Å². The summed E-state index contributed by atoms with van der Waals surface area (Å²) in [4.78, 5) is 8.93. The molecule has 2 aromatic heterocycles. The largest absolute Gasteiger partial charge is 3.00 e. The van der Waals surface area contributed by atoms with Crippen molar-refractivity contribution in [3.8, 4) is 22.6 Å². The molecule has 0 saturated heterocycles. The molecule has 0 aliphatic rings. The van der Waals surface area contributed by atoms with Crippen LogP contribution in [0.5, 0.6) is 0 Å². The maximum atomic E-state index is 8.32. The fourth-order valence-electron chi connectivity index (χ4n) is 2.32. The first-order valence-corrected chi connectivity index (χ1v) is 8.92. The Balaban J connectivity index is 0.000000350. The predicted molar refractivity (Wildman–Crippen MR) is 107 cm³/mol. The second kappa shape index (κ2) is 14.2. The van der Waals surface area contributed by atoms with Crippen LogP contribution in [0, 0.1) is 19.4 Å². The Morgan fingerprint density at radius 2 is 1.70 bits per heavy atom. The molecule has 2 heterocycles. The fourth-order valence-corrected chi connectivity index (χ4v) is 2.32. The third-order valence-corrected chi connectivity index (χ3v) is 3.65. The van der Waals surface area contributed by atoms with Crippen LogP contribution in [-0.2, 0) is 20.1 Å². The molecule has 142 valence electrons. The van der Waals surface area contributed by atoms with E-state index < -0.39 is 0 Å². The van der Waals surface area contributed by atoms with Gasteiger partial charge >= 0.3 is 20.1 Å². The number of aliphatic hydroxyl groups excluding tert-OH is 1. The van der Waals surface area contributed by atoms with Gasteiger partial charge in [0.25, 0.3) is 0 Å². The standard InChI is InChI=1S/C16H11N2.C7H14O.Ir/c1-2-7-13(8-3-1)14-10-6-11-16(18-14)15-9-4-5-12-17-15;1-2-3-4-5-6-7-8;/h1-7,9-12H;5,8H,1-4,6-7H2;/q-1;-2;+3. The van der Waals surface area contributed by atoms with Crippen LogP contribution >= 0.6 is 0 Å². The molecule has 4 heteroatoms. The summed E-state index contributed by atoms with van der Waals surface area (Å²) < 4.78 is 0. The molecule has 0 spiro atoms. The van der Waals surface area contributed by atoms with E-state index in [2.05, 4.69) is 29.4 Å². The number of pyridine rings is 2. The summed E-state index contributed by atoms with van der Waals surface area (Å²) in [7, 11) is 0. The molecule has 0 bridgehead atoms. The minimum Gasteiger partial charge on any atom is -0.399 e. The van der Waals surface area contributed by atoms with E-state index in [9.17, 15) is 0 Å². The third-order valence-electron chi connectivity index (χ3n) is 3.65. The van der Waals surface area contributed by atoms with Crippen LogP contribution < -0.4 is 0 Å². The molecule has 0 radical (unpaired) electrons. The molecule has 3 aromatic rings. The second-order valence-corrected chi connectivity index (χ2v) is 5.70. The molecular formula is C23H25IrN2O. The van der Waals surface area contributed by atoms with Gasteiger partial charge in [0.05, 0.1) is 11.4 Å². The Kier molecular flexibility index (Phi) is 12.2. The number of benzene rings is 1. The number of hydrogen-bond acceptors (Lipinski definition) is 3. The van der Waals surface area contributed by atoms with Gasteiger partial charge in [0, 0.05) is 12.8 Å². The van der Waals surface area contributed by atoms with Gasteiger partial charge in [-0.15, -0.1) is 42.3 Å². The summed E-state index contributed by atoms with van der Waals surface area (Å²) in [5.74, 6) is 0. The molecule has 0 unspecified atom stereocenters. The smallest absolute Gasteiger partial charge is 0.399 e. The Hall–Kier alpha value is -1.87. The van der Waals surface area contributed by atoms with E-state index in [0.29, 0.717) is 0 Å². The molecular weight excluding hydrogens is 512 g/mol. The number of hydrogen-bond donors (Lipinski definition) is 1. The normalized spacial score (nSPS) is 9.70. The zero-order valence-electron chi connectivity index (χ0n) is 15.3. The van der Waals surface area contributed by atoms with Crippen molar-refractivity contribution >= 4 is 0 Å². The van der Waals surface area contributed by atoms with Gasteiger partial charge < -0.3 is 18.5 Å². The number of aliphatic hydroxyl groups is 1. The number of aromatic nitrogens is 2. The summed E-state index contributed by atoms with van der Waals surface area (Å²) in [5, 5.41) is 8.32. The fraction of sp³-hybridized carbons (Fsp3) is 0.217. The van der Waals surface area contributed by atoms with Gasteiger partial charge in [0.15, 0.2) is 0 Å². The van der Waals surface area contributed by atoms with Crippen molar-refractivity contribution in [3.63, 3.8) is 0 Å². The van der Waals surface area contributed by atoms with E-state index in [1.54, 1.807) is 6.20 Å². The molecule has 0 atom stereocenters. The molecule has 3 nitrogen and oxygen atoms in total. The predicted octanol–water partition coefficient (Wildman–Crippen LogP) is 5.19. The van der Waals surface area contributed by atoms with Crippen LogP contribution in [0.4, 0.5) is 0 Å². The first-order chi connectivity index (χ1) is 12.8. The van der Waals surface area contributed by atoms with Crippen molar-refractivity contribution in [2.24, 2.45) is 0 Å². The van der Waals surface area contributed by atoms with E-state index in [-0.39, 0.29) is 26.7 Å². The van der Waals surface area contributed by atoms with E-state index in [0.717, 1.165) is 48.3 Å². The molecule has 0 saturated carbocycles. The van der Waals surface area contributed by atoms with Gasteiger partial charge in [0.2, 0.25) is 0 Å². The third kappa shape index (κ3) is 8.57. The zero-order chi connectivity index (χ0) is 18.5. The van der Waals surface area contributed by atoms with Crippen LogP contribution in [0.3, 0.4) is 0 Å². The Bertz CT molecular complexity index is 675. The minimum atomic E-state index is 0. The molecule has 1 aromatic carbocycles. The van der Waals surface area contributed by atoms with Crippen molar-refractivity contribution in [3.05, 3.63) is 86.3 Å². The van der Waals surface area contributed by atoms with Gasteiger partial charge in [-0.1, -0.05) is 18.2 Å². The molecule has 0 amide bonds.